The Morgan fingerprint density at radius 1 is 1.31 bits per heavy atom. The average Bonchev–Trinajstić information content (AvgIpc) is 2.38. The van der Waals surface area contributed by atoms with E-state index in [-0.39, 0.29) is 11.8 Å². The maximum atomic E-state index is 12.1. The van der Waals surface area contributed by atoms with E-state index in [9.17, 15) is 8.42 Å². The molecule has 0 radical (unpaired) electrons. The van der Waals surface area contributed by atoms with Crippen LogP contribution in [0.25, 0.3) is 0 Å². The SMILES string of the molecule is CC1CNCCS(=O)(=O)N1c1ccccc1. The predicted octanol–water partition coefficient (Wildman–Crippen LogP) is 0.814. The molecule has 0 aromatic heterocycles. The lowest BCUT2D eigenvalue weighted by Crippen LogP contribution is -2.41. The summed E-state index contributed by atoms with van der Waals surface area (Å²) in [7, 11) is -3.19. The first kappa shape index (κ1) is 11.4. The molecule has 1 unspecified atom stereocenters. The van der Waals surface area contributed by atoms with E-state index in [1.54, 1.807) is 0 Å². The highest BCUT2D eigenvalue weighted by Gasteiger charge is 2.29. The Morgan fingerprint density at radius 3 is 2.69 bits per heavy atom. The average molecular weight is 240 g/mol. The number of nitrogens with one attached hydrogen (secondary N) is 1. The zero-order chi connectivity index (χ0) is 11.6. The van der Waals surface area contributed by atoms with Gasteiger partial charge in [-0.1, -0.05) is 18.2 Å². The fourth-order valence-electron chi connectivity index (χ4n) is 1.96. The van der Waals surface area contributed by atoms with Gasteiger partial charge in [0.05, 0.1) is 17.5 Å². The second-order valence-electron chi connectivity index (χ2n) is 4.00. The van der Waals surface area contributed by atoms with Gasteiger partial charge in [0.25, 0.3) is 0 Å². The third-order valence-electron chi connectivity index (χ3n) is 2.69. The number of anilines is 1. The number of hydrogen-bond donors (Lipinski definition) is 1. The first-order chi connectivity index (χ1) is 7.61. The maximum Gasteiger partial charge on any atom is 0.236 e. The second kappa shape index (κ2) is 4.43. The Balaban J connectivity index is 2.42. The van der Waals surface area contributed by atoms with E-state index in [4.69, 9.17) is 0 Å². The number of benzene rings is 1. The molecular weight excluding hydrogens is 224 g/mol. The summed E-state index contributed by atoms with van der Waals surface area (Å²) in [6, 6.07) is 9.22. The summed E-state index contributed by atoms with van der Waals surface area (Å²) in [6.07, 6.45) is 0. The normalized spacial score (nSPS) is 25.1. The van der Waals surface area contributed by atoms with Crippen LogP contribution < -0.4 is 9.62 Å². The molecule has 0 aliphatic carbocycles. The lowest BCUT2D eigenvalue weighted by atomic mass is 10.2. The van der Waals surface area contributed by atoms with E-state index >= 15 is 0 Å². The van der Waals surface area contributed by atoms with Crippen LogP contribution in [0.5, 0.6) is 0 Å². The van der Waals surface area contributed by atoms with Crippen molar-refractivity contribution in [3.63, 3.8) is 0 Å². The first-order valence-corrected chi connectivity index (χ1v) is 7.00. The van der Waals surface area contributed by atoms with Crippen LogP contribution in [-0.4, -0.2) is 33.3 Å². The standard InChI is InChI=1S/C11H16N2O2S/c1-10-9-12-7-8-16(14,15)13(10)11-5-3-2-4-6-11/h2-6,10,12H,7-9H2,1H3. The summed E-state index contributed by atoms with van der Waals surface area (Å²) < 4.78 is 25.7. The maximum absolute atomic E-state index is 12.1. The van der Waals surface area contributed by atoms with E-state index < -0.39 is 10.0 Å². The van der Waals surface area contributed by atoms with Crippen LogP contribution in [0.3, 0.4) is 0 Å². The van der Waals surface area contributed by atoms with Crippen molar-refractivity contribution in [3.8, 4) is 0 Å². The van der Waals surface area contributed by atoms with E-state index in [1.807, 2.05) is 37.3 Å². The molecule has 0 amide bonds. The molecule has 1 fully saturated rings. The van der Waals surface area contributed by atoms with Gasteiger partial charge in [-0.3, -0.25) is 4.31 Å². The predicted molar refractivity (Wildman–Crippen MR) is 65.0 cm³/mol. The van der Waals surface area contributed by atoms with Gasteiger partial charge in [0.2, 0.25) is 10.0 Å². The summed E-state index contributed by atoms with van der Waals surface area (Å²) in [5.41, 5.74) is 0.749. The van der Waals surface area contributed by atoms with Crippen LogP contribution in [-0.2, 0) is 10.0 Å². The fraction of sp³-hybridized carbons (Fsp3) is 0.455. The number of nitrogens with zero attached hydrogens (tertiary/aromatic N) is 1. The van der Waals surface area contributed by atoms with Crippen LogP contribution in [0.4, 0.5) is 5.69 Å². The fourth-order valence-corrected chi connectivity index (χ4v) is 3.62. The monoisotopic (exact) mass is 240 g/mol. The molecule has 2 rings (SSSR count). The van der Waals surface area contributed by atoms with E-state index in [1.165, 1.54) is 4.31 Å². The molecule has 88 valence electrons. The molecule has 0 saturated carbocycles. The van der Waals surface area contributed by atoms with Crippen molar-refractivity contribution in [2.45, 2.75) is 13.0 Å². The Kier molecular flexibility index (Phi) is 3.16. The zero-order valence-corrected chi connectivity index (χ0v) is 10.1. The van der Waals surface area contributed by atoms with Crippen molar-refractivity contribution >= 4 is 15.7 Å². The lowest BCUT2D eigenvalue weighted by molar-refractivity contribution is 0.586. The van der Waals surface area contributed by atoms with Crippen molar-refractivity contribution in [1.29, 1.82) is 0 Å². The Bertz CT molecular complexity index is 444. The van der Waals surface area contributed by atoms with Crippen LogP contribution in [0.15, 0.2) is 30.3 Å². The number of sulfonamides is 1. The largest absolute Gasteiger partial charge is 0.314 e. The van der Waals surface area contributed by atoms with Gasteiger partial charge >= 0.3 is 0 Å². The molecule has 1 saturated heterocycles. The second-order valence-corrected chi connectivity index (χ2v) is 5.97. The van der Waals surface area contributed by atoms with Gasteiger partial charge in [-0.15, -0.1) is 0 Å². The van der Waals surface area contributed by atoms with Crippen LogP contribution in [0, 0.1) is 0 Å². The third-order valence-corrected chi connectivity index (χ3v) is 4.58. The summed E-state index contributed by atoms with van der Waals surface area (Å²) >= 11 is 0. The minimum atomic E-state index is -3.19. The van der Waals surface area contributed by atoms with Gasteiger partial charge in [-0.2, -0.15) is 0 Å². The van der Waals surface area contributed by atoms with Gasteiger partial charge in [-0.05, 0) is 19.1 Å². The molecule has 1 N–H and O–H groups in total. The Labute approximate surface area is 96.3 Å². The van der Waals surface area contributed by atoms with E-state index in [0.29, 0.717) is 13.1 Å². The molecule has 1 aromatic rings. The molecule has 1 aliphatic heterocycles. The molecule has 1 aliphatic rings. The highest BCUT2D eigenvalue weighted by Crippen LogP contribution is 2.21. The smallest absolute Gasteiger partial charge is 0.236 e. The van der Waals surface area contributed by atoms with Crippen molar-refractivity contribution in [2.24, 2.45) is 0 Å². The van der Waals surface area contributed by atoms with Crippen LogP contribution >= 0.6 is 0 Å². The van der Waals surface area contributed by atoms with Crippen LogP contribution in [0.2, 0.25) is 0 Å². The van der Waals surface area contributed by atoms with Crippen LogP contribution in [0.1, 0.15) is 6.92 Å². The molecule has 0 spiro atoms. The first-order valence-electron chi connectivity index (χ1n) is 5.39. The lowest BCUT2D eigenvalue weighted by Gasteiger charge is -2.27. The Morgan fingerprint density at radius 2 is 2.00 bits per heavy atom. The summed E-state index contributed by atoms with van der Waals surface area (Å²) in [4.78, 5) is 0. The van der Waals surface area contributed by atoms with Crippen molar-refractivity contribution in [3.05, 3.63) is 30.3 Å². The summed E-state index contributed by atoms with van der Waals surface area (Å²) in [5.74, 6) is 0.159. The Hall–Kier alpha value is -1.07. The van der Waals surface area contributed by atoms with Crippen molar-refractivity contribution in [2.75, 3.05) is 23.1 Å². The molecule has 16 heavy (non-hydrogen) atoms. The quantitative estimate of drug-likeness (QED) is 0.790. The third kappa shape index (κ3) is 2.20. The molecule has 5 heteroatoms. The zero-order valence-electron chi connectivity index (χ0n) is 9.26. The van der Waals surface area contributed by atoms with Gasteiger partial charge in [0, 0.05) is 13.1 Å². The van der Waals surface area contributed by atoms with Gasteiger partial charge in [0.15, 0.2) is 0 Å². The molecule has 1 aromatic carbocycles. The highest BCUT2D eigenvalue weighted by atomic mass is 32.2. The van der Waals surface area contributed by atoms with Gasteiger partial charge in [0.1, 0.15) is 0 Å². The summed E-state index contributed by atoms with van der Waals surface area (Å²) in [5, 5.41) is 3.13. The van der Waals surface area contributed by atoms with E-state index in [0.717, 1.165) is 5.69 Å². The minimum absolute atomic E-state index is 0.0464. The minimum Gasteiger partial charge on any atom is -0.314 e. The van der Waals surface area contributed by atoms with Crippen molar-refractivity contribution in [1.82, 2.24) is 5.32 Å². The van der Waals surface area contributed by atoms with Gasteiger partial charge < -0.3 is 5.32 Å². The topological polar surface area (TPSA) is 49.4 Å². The number of hydrogen-bond acceptors (Lipinski definition) is 3. The van der Waals surface area contributed by atoms with Gasteiger partial charge in [-0.25, -0.2) is 8.42 Å². The molecule has 0 bridgehead atoms. The molecular formula is C11H16N2O2S. The summed E-state index contributed by atoms with van der Waals surface area (Å²) in [6.45, 7) is 3.13. The molecule has 4 nitrogen and oxygen atoms in total. The molecule has 1 heterocycles. The number of para-hydroxylation sites is 1. The van der Waals surface area contributed by atoms with E-state index in [2.05, 4.69) is 5.32 Å². The number of rotatable bonds is 1. The molecule has 1 atom stereocenters. The highest BCUT2D eigenvalue weighted by molar-refractivity contribution is 7.92. The van der Waals surface area contributed by atoms with Crippen molar-refractivity contribution < 1.29 is 8.42 Å².